The van der Waals surface area contributed by atoms with Gasteiger partial charge in [-0.25, -0.2) is 14.8 Å². The van der Waals surface area contributed by atoms with E-state index >= 15 is 0 Å². The summed E-state index contributed by atoms with van der Waals surface area (Å²) in [7, 11) is 3.07. The van der Waals surface area contributed by atoms with Gasteiger partial charge in [0.1, 0.15) is 10.5 Å². The lowest BCUT2D eigenvalue weighted by atomic mass is 10.0. The van der Waals surface area contributed by atoms with Crippen molar-refractivity contribution in [1.82, 2.24) is 24.0 Å². The molecule has 1 aliphatic heterocycles. The summed E-state index contributed by atoms with van der Waals surface area (Å²) in [5, 5.41) is 0.412. The van der Waals surface area contributed by atoms with Crippen molar-refractivity contribution in [2.24, 2.45) is 14.1 Å². The molecule has 3 aromatic heterocycles. The molecule has 1 fully saturated rings. The second-order valence-electron chi connectivity index (χ2n) is 6.82. The number of likely N-dealkylation sites (tertiary alicyclic amines) is 1. The van der Waals surface area contributed by atoms with Crippen molar-refractivity contribution in [2.45, 2.75) is 19.3 Å². The Hall–Kier alpha value is -2.81. The first-order chi connectivity index (χ1) is 12.9. The average Bonchev–Trinajstić information content (AvgIpc) is 3.33. The Bertz CT molecular complexity index is 1180. The minimum atomic E-state index is -0.402. The SMILES string of the molecule is Cc1ncsc1C(=O)N1CC[C@H](c2ccc3c(=O)n(C)c(=O)n(C)c3n2)C1. The zero-order chi connectivity index (χ0) is 19.3. The number of carbonyl (C=O) groups is 1. The number of hydrogen-bond acceptors (Lipinski definition) is 6. The van der Waals surface area contributed by atoms with Gasteiger partial charge < -0.3 is 4.90 Å². The molecule has 27 heavy (non-hydrogen) atoms. The second-order valence-corrected chi connectivity index (χ2v) is 7.67. The molecule has 140 valence electrons. The van der Waals surface area contributed by atoms with Crippen molar-refractivity contribution in [2.75, 3.05) is 13.1 Å². The lowest BCUT2D eigenvalue weighted by Gasteiger charge is -2.16. The lowest BCUT2D eigenvalue weighted by Crippen LogP contribution is -2.37. The molecule has 0 unspecified atom stereocenters. The van der Waals surface area contributed by atoms with E-state index < -0.39 is 5.69 Å². The summed E-state index contributed by atoms with van der Waals surface area (Å²) in [6.07, 6.45) is 0.793. The third kappa shape index (κ3) is 2.78. The van der Waals surface area contributed by atoms with Crippen LogP contribution in [0.4, 0.5) is 0 Å². The van der Waals surface area contributed by atoms with Crippen molar-refractivity contribution in [1.29, 1.82) is 0 Å². The van der Waals surface area contributed by atoms with Crippen LogP contribution < -0.4 is 11.2 Å². The van der Waals surface area contributed by atoms with Gasteiger partial charge in [-0.3, -0.25) is 18.7 Å². The standard InChI is InChI=1S/C18H19N5O3S/c1-10-14(27-9-19-10)17(25)23-7-6-11(8-23)13-5-4-12-15(20-13)21(2)18(26)22(3)16(12)24/h4-5,9,11H,6-8H2,1-3H3/t11-/m0/s1. The molecule has 1 atom stereocenters. The maximum absolute atomic E-state index is 12.7. The molecular formula is C18H19N5O3S. The van der Waals surface area contributed by atoms with E-state index in [-0.39, 0.29) is 17.4 Å². The van der Waals surface area contributed by atoms with Gasteiger partial charge in [-0.2, -0.15) is 0 Å². The van der Waals surface area contributed by atoms with E-state index in [4.69, 9.17) is 0 Å². The van der Waals surface area contributed by atoms with Crippen LogP contribution in [-0.4, -0.2) is 43.0 Å². The number of rotatable bonds is 2. The molecule has 0 radical (unpaired) electrons. The maximum Gasteiger partial charge on any atom is 0.332 e. The van der Waals surface area contributed by atoms with E-state index in [9.17, 15) is 14.4 Å². The van der Waals surface area contributed by atoms with Crippen molar-refractivity contribution in [3.63, 3.8) is 0 Å². The monoisotopic (exact) mass is 385 g/mol. The van der Waals surface area contributed by atoms with E-state index in [1.54, 1.807) is 18.6 Å². The van der Waals surface area contributed by atoms with Gasteiger partial charge in [0.25, 0.3) is 11.5 Å². The largest absolute Gasteiger partial charge is 0.337 e. The summed E-state index contributed by atoms with van der Waals surface area (Å²) in [5.41, 5.74) is 2.85. The first-order valence-corrected chi connectivity index (χ1v) is 9.52. The molecule has 0 spiro atoms. The van der Waals surface area contributed by atoms with Crippen molar-refractivity contribution >= 4 is 28.3 Å². The smallest absolute Gasteiger partial charge is 0.332 e. The van der Waals surface area contributed by atoms with E-state index in [0.717, 1.165) is 22.4 Å². The van der Waals surface area contributed by atoms with Crippen LogP contribution in [0.2, 0.25) is 0 Å². The lowest BCUT2D eigenvalue weighted by molar-refractivity contribution is 0.0794. The summed E-state index contributed by atoms with van der Waals surface area (Å²) in [4.78, 5) is 48.4. The average molecular weight is 385 g/mol. The zero-order valence-corrected chi connectivity index (χ0v) is 16.1. The normalized spacial score (nSPS) is 17.0. The second kappa shape index (κ2) is 6.41. The maximum atomic E-state index is 12.7. The molecule has 4 heterocycles. The topological polar surface area (TPSA) is 90.1 Å². The summed E-state index contributed by atoms with van der Waals surface area (Å²) < 4.78 is 2.47. The number of pyridine rings is 1. The fraction of sp³-hybridized carbons (Fsp3) is 0.389. The number of carbonyl (C=O) groups excluding carboxylic acids is 1. The van der Waals surface area contributed by atoms with Crippen LogP contribution in [-0.2, 0) is 14.1 Å². The van der Waals surface area contributed by atoms with Gasteiger partial charge in [-0.15, -0.1) is 11.3 Å². The number of fused-ring (bicyclic) bond motifs is 1. The van der Waals surface area contributed by atoms with E-state index in [2.05, 4.69) is 9.97 Å². The highest BCUT2D eigenvalue weighted by atomic mass is 32.1. The number of aryl methyl sites for hydroxylation is 2. The highest BCUT2D eigenvalue weighted by Gasteiger charge is 2.30. The Kier molecular flexibility index (Phi) is 4.18. The minimum Gasteiger partial charge on any atom is -0.337 e. The number of nitrogens with zero attached hydrogens (tertiary/aromatic N) is 5. The Morgan fingerprint density at radius 1 is 1.22 bits per heavy atom. The molecule has 1 saturated heterocycles. The quantitative estimate of drug-likeness (QED) is 0.657. The van der Waals surface area contributed by atoms with Crippen LogP contribution in [0.15, 0.2) is 27.2 Å². The molecule has 3 aromatic rings. The van der Waals surface area contributed by atoms with Crippen molar-refractivity contribution < 1.29 is 4.79 Å². The Morgan fingerprint density at radius 2 is 2.00 bits per heavy atom. The van der Waals surface area contributed by atoms with Crippen LogP contribution in [0.25, 0.3) is 11.0 Å². The summed E-state index contributed by atoms with van der Waals surface area (Å²) >= 11 is 1.36. The molecule has 1 aliphatic rings. The van der Waals surface area contributed by atoms with Gasteiger partial charge in [0.05, 0.1) is 16.6 Å². The molecule has 4 rings (SSSR count). The van der Waals surface area contributed by atoms with Gasteiger partial charge in [-0.05, 0) is 25.5 Å². The molecule has 0 aliphatic carbocycles. The molecule has 0 aromatic carbocycles. The Balaban J connectivity index is 1.66. The predicted octanol–water partition coefficient (Wildman–Crippen LogP) is 1.03. The predicted molar refractivity (Wildman–Crippen MR) is 102 cm³/mol. The van der Waals surface area contributed by atoms with Crippen LogP contribution in [0.1, 0.15) is 33.4 Å². The summed E-state index contributed by atoms with van der Waals surface area (Å²) in [6.45, 7) is 3.05. The van der Waals surface area contributed by atoms with Gasteiger partial charge >= 0.3 is 5.69 Å². The third-order valence-corrected chi connectivity index (χ3v) is 6.07. The molecule has 0 bridgehead atoms. The van der Waals surface area contributed by atoms with Gasteiger partial charge in [0.2, 0.25) is 0 Å². The van der Waals surface area contributed by atoms with Gasteiger partial charge in [-0.1, -0.05) is 0 Å². The number of thiazole rings is 1. The van der Waals surface area contributed by atoms with E-state index in [1.807, 2.05) is 17.9 Å². The number of aromatic nitrogens is 4. The number of hydrogen-bond donors (Lipinski definition) is 0. The van der Waals surface area contributed by atoms with Crippen molar-refractivity contribution in [3.8, 4) is 0 Å². The first-order valence-electron chi connectivity index (χ1n) is 8.64. The van der Waals surface area contributed by atoms with E-state index in [1.165, 1.54) is 23.0 Å². The molecule has 0 saturated carbocycles. The molecule has 0 N–H and O–H groups in total. The highest BCUT2D eigenvalue weighted by molar-refractivity contribution is 7.11. The summed E-state index contributed by atoms with van der Waals surface area (Å²) in [5.74, 6) is 0.0743. The van der Waals surface area contributed by atoms with Gasteiger partial charge in [0.15, 0.2) is 0 Å². The van der Waals surface area contributed by atoms with Gasteiger partial charge in [0, 0.05) is 38.8 Å². The molecule has 9 heteroatoms. The van der Waals surface area contributed by atoms with E-state index in [0.29, 0.717) is 29.0 Å². The summed E-state index contributed by atoms with van der Waals surface area (Å²) in [6, 6.07) is 3.54. The van der Waals surface area contributed by atoms with Crippen LogP contribution in [0.5, 0.6) is 0 Å². The van der Waals surface area contributed by atoms with Crippen molar-refractivity contribution in [3.05, 3.63) is 54.7 Å². The fourth-order valence-electron chi connectivity index (χ4n) is 3.53. The van der Waals surface area contributed by atoms with Crippen LogP contribution >= 0.6 is 11.3 Å². The highest BCUT2D eigenvalue weighted by Crippen LogP contribution is 2.28. The van der Waals surface area contributed by atoms with Crippen LogP contribution in [0.3, 0.4) is 0 Å². The fourth-order valence-corrected chi connectivity index (χ4v) is 4.30. The molecular weight excluding hydrogens is 366 g/mol. The Labute approximate surface area is 158 Å². The number of amides is 1. The molecule has 8 nitrogen and oxygen atoms in total. The zero-order valence-electron chi connectivity index (χ0n) is 15.3. The molecule has 1 amide bonds. The Morgan fingerprint density at radius 3 is 2.70 bits per heavy atom. The van der Waals surface area contributed by atoms with Crippen LogP contribution in [0, 0.1) is 6.92 Å². The minimum absolute atomic E-state index is 0.000409. The first kappa shape index (κ1) is 17.6. The third-order valence-electron chi connectivity index (χ3n) is 5.16.